The highest BCUT2D eigenvalue weighted by Gasteiger charge is 2.50. The van der Waals surface area contributed by atoms with E-state index in [1.54, 1.807) is 0 Å². The summed E-state index contributed by atoms with van der Waals surface area (Å²) in [6.45, 7) is 2.00. The molecule has 7 heteroatoms. The lowest BCUT2D eigenvalue weighted by Crippen LogP contribution is -2.52. The Kier molecular flexibility index (Phi) is 4.82. The van der Waals surface area contributed by atoms with Crippen LogP contribution in [0.2, 0.25) is 15.1 Å². The van der Waals surface area contributed by atoms with E-state index in [0.717, 1.165) is 11.8 Å². The summed E-state index contributed by atoms with van der Waals surface area (Å²) in [7, 11) is -3.74. The summed E-state index contributed by atoms with van der Waals surface area (Å²) < 4.78 is 28.6. The SMILES string of the molecule is C[C@@H](NS(=O)(=O)c1cc(Cl)c(Cl)cc1Cl)C1C2CC3CC(C2)CC1C3. The molecule has 0 radical (unpaired) electrons. The van der Waals surface area contributed by atoms with Crippen molar-refractivity contribution in [1.82, 2.24) is 4.72 Å². The first kappa shape index (κ1) is 18.4. The van der Waals surface area contributed by atoms with Gasteiger partial charge in [0.25, 0.3) is 0 Å². The standard InChI is InChI=1S/C18H22Cl3NO2S/c1-9(18-12-3-10-2-11(5-12)6-13(18)4-10)22-25(23,24)17-8-15(20)14(19)7-16(17)21/h7-13,18,22H,2-6H2,1H3/t9-,10?,11?,12?,13?,18?/m1/s1. The van der Waals surface area contributed by atoms with Crippen molar-refractivity contribution < 1.29 is 8.42 Å². The number of benzene rings is 1. The van der Waals surface area contributed by atoms with Crippen LogP contribution in [0.1, 0.15) is 39.0 Å². The molecule has 0 saturated heterocycles. The predicted octanol–water partition coefficient (Wildman–Crippen LogP) is 5.39. The second kappa shape index (κ2) is 6.56. The number of sulfonamides is 1. The molecule has 4 fully saturated rings. The van der Waals surface area contributed by atoms with Gasteiger partial charge < -0.3 is 0 Å². The monoisotopic (exact) mass is 421 g/mol. The minimum Gasteiger partial charge on any atom is -0.208 e. The molecule has 0 aromatic heterocycles. The van der Waals surface area contributed by atoms with Gasteiger partial charge in [-0.1, -0.05) is 34.8 Å². The van der Waals surface area contributed by atoms with E-state index in [-0.39, 0.29) is 26.0 Å². The molecule has 0 unspecified atom stereocenters. The van der Waals surface area contributed by atoms with Gasteiger partial charge in [-0.15, -0.1) is 0 Å². The second-order valence-electron chi connectivity index (χ2n) is 8.11. The topological polar surface area (TPSA) is 46.2 Å². The van der Waals surface area contributed by atoms with Crippen LogP contribution in [0.5, 0.6) is 0 Å². The van der Waals surface area contributed by atoms with Crippen LogP contribution >= 0.6 is 34.8 Å². The third kappa shape index (κ3) is 3.34. The molecule has 3 nitrogen and oxygen atoms in total. The van der Waals surface area contributed by atoms with Crippen molar-refractivity contribution in [3.8, 4) is 0 Å². The summed E-state index contributed by atoms with van der Waals surface area (Å²) in [4.78, 5) is -0.000710. The van der Waals surface area contributed by atoms with Gasteiger partial charge in [0.15, 0.2) is 0 Å². The molecule has 5 rings (SSSR count). The molecule has 0 amide bonds. The van der Waals surface area contributed by atoms with Gasteiger partial charge in [0.1, 0.15) is 4.90 Å². The molecule has 138 valence electrons. The molecule has 1 aromatic rings. The Morgan fingerprint density at radius 2 is 1.44 bits per heavy atom. The molecular weight excluding hydrogens is 401 g/mol. The maximum Gasteiger partial charge on any atom is 0.242 e. The Labute approximate surface area is 164 Å². The number of nitrogens with one attached hydrogen (secondary N) is 1. The van der Waals surface area contributed by atoms with E-state index >= 15 is 0 Å². The van der Waals surface area contributed by atoms with E-state index in [2.05, 4.69) is 4.72 Å². The van der Waals surface area contributed by atoms with Crippen LogP contribution in [0.15, 0.2) is 17.0 Å². The molecular formula is C18H22Cl3NO2S. The molecule has 0 aliphatic heterocycles. The number of rotatable bonds is 4. The van der Waals surface area contributed by atoms with Gasteiger partial charge in [-0.05, 0) is 80.8 Å². The van der Waals surface area contributed by atoms with E-state index < -0.39 is 10.0 Å². The van der Waals surface area contributed by atoms with E-state index in [4.69, 9.17) is 34.8 Å². The Morgan fingerprint density at radius 1 is 0.920 bits per heavy atom. The minimum absolute atomic E-state index is 0.000710. The van der Waals surface area contributed by atoms with Gasteiger partial charge >= 0.3 is 0 Å². The van der Waals surface area contributed by atoms with Gasteiger partial charge in [0.2, 0.25) is 10.0 Å². The average Bonchev–Trinajstić information content (AvgIpc) is 2.49. The lowest BCUT2D eigenvalue weighted by Gasteiger charge is -2.56. The lowest BCUT2D eigenvalue weighted by atomic mass is 9.51. The van der Waals surface area contributed by atoms with Crippen molar-refractivity contribution in [2.75, 3.05) is 0 Å². The van der Waals surface area contributed by atoms with Crippen LogP contribution < -0.4 is 4.72 Å². The molecule has 4 aliphatic rings. The summed E-state index contributed by atoms with van der Waals surface area (Å²) in [6.07, 6.45) is 6.43. The fourth-order valence-electron chi connectivity index (χ4n) is 5.88. The zero-order valence-electron chi connectivity index (χ0n) is 14.0. The summed E-state index contributed by atoms with van der Waals surface area (Å²) in [6, 6.07) is 2.61. The zero-order chi connectivity index (χ0) is 17.9. The highest BCUT2D eigenvalue weighted by atomic mass is 35.5. The molecule has 0 spiro atoms. The fourth-order valence-corrected chi connectivity index (χ4v) is 8.16. The van der Waals surface area contributed by atoms with Crippen molar-refractivity contribution in [2.24, 2.45) is 29.6 Å². The maximum absolute atomic E-state index is 12.9. The van der Waals surface area contributed by atoms with Crippen LogP contribution in [0.3, 0.4) is 0 Å². The molecule has 0 heterocycles. The van der Waals surface area contributed by atoms with Crippen molar-refractivity contribution in [2.45, 2.75) is 50.0 Å². The summed E-state index contributed by atoms with van der Waals surface area (Å²) >= 11 is 18.0. The molecule has 4 bridgehead atoms. The molecule has 1 N–H and O–H groups in total. The molecule has 1 atom stereocenters. The zero-order valence-corrected chi connectivity index (χ0v) is 17.1. The number of hydrogen-bond donors (Lipinski definition) is 1. The highest BCUT2D eigenvalue weighted by molar-refractivity contribution is 7.89. The Balaban J connectivity index is 1.56. The number of hydrogen-bond acceptors (Lipinski definition) is 2. The molecule has 4 saturated carbocycles. The van der Waals surface area contributed by atoms with E-state index in [0.29, 0.717) is 17.8 Å². The molecule has 25 heavy (non-hydrogen) atoms. The van der Waals surface area contributed by atoms with Crippen LogP contribution in [-0.4, -0.2) is 14.5 Å². The third-order valence-corrected chi connectivity index (χ3v) is 9.23. The Hall–Kier alpha value is -0.000000000000000111. The smallest absolute Gasteiger partial charge is 0.208 e. The Bertz CT molecular complexity index is 768. The van der Waals surface area contributed by atoms with Crippen molar-refractivity contribution in [3.63, 3.8) is 0 Å². The van der Waals surface area contributed by atoms with Gasteiger partial charge in [-0.2, -0.15) is 0 Å². The summed E-state index contributed by atoms with van der Waals surface area (Å²) in [5, 5.41) is 0.535. The van der Waals surface area contributed by atoms with Crippen molar-refractivity contribution >= 4 is 44.8 Å². The Morgan fingerprint density at radius 3 is 2.00 bits per heavy atom. The first-order valence-electron chi connectivity index (χ1n) is 8.91. The maximum atomic E-state index is 12.9. The van der Waals surface area contributed by atoms with E-state index in [9.17, 15) is 8.42 Å². The highest BCUT2D eigenvalue weighted by Crippen LogP contribution is 2.57. The third-order valence-electron chi connectivity index (χ3n) is 6.48. The largest absolute Gasteiger partial charge is 0.242 e. The minimum atomic E-state index is -3.74. The van der Waals surface area contributed by atoms with Crippen LogP contribution in [0, 0.1) is 29.6 Å². The first-order valence-corrected chi connectivity index (χ1v) is 11.5. The summed E-state index contributed by atoms with van der Waals surface area (Å²) in [5.74, 6) is 3.46. The summed E-state index contributed by atoms with van der Waals surface area (Å²) in [5.41, 5.74) is 0. The first-order chi connectivity index (χ1) is 11.7. The molecule has 4 aliphatic carbocycles. The van der Waals surface area contributed by atoms with Gasteiger partial charge in [-0.3, -0.25) is 0 Å². The van der Waals surface area contributed by atoms with Crippen molar-refractivity contribution in [1.29, 1.82) is 0 Å². The van der Waals surface area contributed by atoms with Gasteiger partial charge in [0, 0.05) is 6.04 Å². The van der Waals surface area contributed by atoms with E-state index in [1.165, 1.54) is 44.2 Å². The lowest BCUT2D eigenvalue weighted by molar-refractivity contribution is -0.0463. The van der Waals surface area contributed by atoms with Crippen LogP contribution in [0.25, 0.3) is 0 Å². The number of halogens is 3. The van der Waals surface area contributed by atoms with Crippen molar-refractivity contribution in [3.05, 3.63) is 27.2 Å². The van der Waals surface area contributed by atoms with Crippen LogP contribution in [-0.2, 0) is 10.0 Å². The second-order valence-corrected chi connectivity index (χ2v) is 11.0. The fraction of sp³-hybridized carbons (Fsp3) is 0.667. The average molecular weight is 423 g/mol. The van der Waals surface area contributed by atoms with Gasteiger partial charge in [-0.25, -0.2) is 13.1 Å². The quantitative estimate of drug-likeness (QED) is 0.662. The van der Waals surface area contributed by atoms with E-state index in [1.807, 2.05) is 6.92 Å². The normalized spacial score (nSPS) is 35.1. The van der Waals surface area contributed by atoms with Gasteiger partial charge in [0.05, 0.1) is 15.1 Å². The molecule has 1 aromatic carbocycles. The predicted molar refractivity (Wildman–Crippen MR) is 102 cm³/mol. The van der Waals surface area contributed by atoms with Crippen LogP contribution in [0.4, 0.5) is 0 Å².